The maximum Gasteiger partial charge on any atom is 0.319 e. The zero-order valence-corrected chi connectivity index (χ0v) is 7.17. The van der Waals surface area contributed by atoms with Crippen LogP contribution in [0.4, 0.5) is 0 Å². The number of carbonyl (C=O) groups is 1. The molecule has 0 aromatic carbocycles. The fourth-order valence-electron chi connectivity index (χ4n) is 0.303. The van der Waals surface area contributed by atoms with Crippen molar-refractivity contribution >= 4 is 28.4 Å². The van der Waals surface area contributed by atoms with Crippen LogP contribution in [-0.2, 0) is 9.53 Å². The molecule has 4 heteroatoms. The van der Waals surface area contributed by atoms with Crippen LogP contribution in [0.2, 0.25) is 0 Å². The molecule has 0 N–H and O–H groups in total. The van der Waals surface area contributed by atoms with Gasteiger partial charge in [-0.25, -0.2) is 0 Å². The van der Waals surface area contributed by atoms with E-state index in [2.05, 4.69) is 16.4 Å². The summed E-state index contributed by atoms with van der Waals surface area (Å²) in [5, 5.41) is -0.159. The molecule has 0 aromatic heterocycles. The topological polar surface area (TPSA) is 26.3 Å². The number of rotatable bonds is 3. The van der Waals surface area contributed by atoms with Gasteiger partial charge in [0.05, 0.1) is 6.61 Å². The number of hydrogen-bond donors (Lipinski definition) is 1. The average Bonchev–Trinajstić information content (AvgIpc) is 1.87. The molecule has 0 aromatic rings. The normalized spacial score (nSPS) is 12.8. The molecule has 0 aliphatic heterocycles. The molecule has 1 unspecified atom stereocenters. The highest BCUT2D eigenvalue weighted by atomic mass is 33.1. The Balaban J connectivity index is 3.46. The molecule has 0 aliphatic carbocycles. The lowest BCUT2D eigenvalue weighted by Crippen LogP contribution is -2.15. The highest BCUT2D eigenvalue weighted by Crippen LogP contribution is 2.14. The quantitative estimate of drug-likeness (QED) is 0.391. The van der Waals surface area contributed by atoms with Gasteiger partial charge in [-0.1, -0.05) is 10.8 Å². The lowest BCUT2D eigenvalue weighted by Gasteiger charge is -2.04. The second-order valence-electron chi connectivity index (χ2n) is 1.50. The SMILES string of the molecule is CCOC(=O)C(C)SS. The molecule has 2 nitrogen and oxygen atoms in total. The summed E-state index contributed by atoms with van der Waals surface area (Å²) in [5.74, 6) is -0.197. The molecule has 0 saturated heterocycles. The van der Waals surface area contributed by atoms with E-state index in [9.17, 15) is 4.79 Å². The first-order chi connectivity index (χ1) is 4.22. The first-order valence-electron chi connectivity index (χ1n) is 2.69. The molecule has 0 aliphatic rings. The van der Waals surface area contributed by atoms with E-state index in [-0.39, 0.29) is 11.2 Å². The average molecular weight is 166 g/mol. The molecule has 0 rings (SSSR count). The van der Waals surface area contributed by atoms with Gasteiger partial charge in [-0.05, 0) is 13.8 Å². The maximum absolute atomic E-state index is 10.7. The van der Waals surface area contributed by atoms with E-state index >= 15 is 0 Å². The predicted molar refractivity (Wildman–Crippen MR) is 42.7 cm³/mol. The molecular formula is C5H10O2S2. The Bertz CT molecular complexity index is 95.0. The number of thiol groups is 1. The van der Waals surface area contributed by atoms with Crippen molar-refractivity contribution in [1.82, 2.24) is 0 Å². The molecule has 0 fully saturated rings. The Hall–Kier alpha value is 0.170. The van der Waals surface area contributed by atoms with Crippen LogP contribution in [0.25, 0.3) is 0 Å². The minimum atomic E-state index is -0.197. The highest BCUT2D eigenvalue weighted by molar-refractivity contribution is 8.69. The summed E-state index contributed by atoms with van der Waals surface area (Å²) in [6.45, 7) is 3.99. The van der Waals surface area contributed by atoms with Crippen LogP contribution >= 0.6 is 22.5 Å². The zero-order valence-electron chi connectivity index (χ0n) is 5.46. The maximum atomic E-state index is 10.7. The number of esters is 1. The van der Waals surface area contributed by atoms with E-state index in [1.165, 1.54) is 10.8 Å². The second-order valence-corrected chi connectivity index (χ2v) is 3.05. The molecule has 0 radical (unpaired) electrons. The molecule has 0 heterocycles. The van der Waals surface area contributed by atoms with Gasteiger partial charge < -0.3 is 4.74 Å². The third-order valence-electron chi connectivity index (χ3n) is 0.777. The van der Waals surface area contributed by atoms with Gasteiger partial charge in [0.2, 0.25) is 0 Å². The summed E-state index contributed by atoms with van der Waals surface area (Å²) in [7, 11) is 1.19. The smallest absolute Gasteiger partial charge is 0.319 e. The van der Waals surface area contributed by atoms with Crippen molar-refractivity contribution in [2.75, 3.05) is 6.61 Å². The van der Waals surface area contributed by atoms with E-state index in [0.29, 0.717) is 6.61 Å². The highest BCUT2D eigenvalue weighted by Gasteiger charge is 2.11. The first-order valence-corrected chi connectivity index (χ1v) is 4.62. The lowest BCUT2D eigenvalue weighted by atomic mass is 10.5. The standard InChI is InChI=1S/C5H10O2S2/c1-3-7-5(6)4(2)9-8/h4,8H,3H2,1-2H3. The van der Waals surface area contributed by atoms with Crippen LogP contribution < -0.4 is 0 Å². The molecule has 9 heavy (non-hydrogen) atoms. The molecular weight excluding hydrogens is 156 g/mol. The van der Waals surface area contributed by atoms with Gasteiger partial charge >= 0.3 is 5.97 Å². The second kappa shape index (κ2) is 4.99. The minimum absolute atomic E-state index is 0.159. The van der Waals surface area contributed by atoms with Crippen LogP contribution in [0.15, 0.2) is 0 Å². The number of ether oxygens (including phenoxy) is 1. The summed E-state index contributed by atoms with van der Waals surface area (Å²) >= 11 is 3.86. The van der Waals surface area contributed by atoms with Crippen molar-refractivity contribution in [3.63, 3.8) is 0 Å². The van der Waals surface area contributed by atoms with Gasteiger partial charge in [0.25, 0.3) is 0 Å². The summed E-state index contributed by atoms with van der Waals surface area (Å²) in [6.07, 6.45) is 0. The third-order valence-corrected chi connectivity index (χ3v) is 2.23. The van der Waals surface area contributed by atoms with Gasteiger partial charge in [-0.15, -0.1) is 11.7 Å². The Morgan fingerprint density at radius 3 is 2.78 bits per heavy atom. The molecule has 54 valence electrons. The van der Waals surface area contributed by atoms with Crippen LogP contribution in [0, 0.1) is 0 Å². The van der Waals surface area contributed by atoms with Gasteiger partial charge in [-0.2, -0.15) is 0 Å². The van der Waals surface area contributed by atoms with Crippen LogP contribution in [0.5, 0.6) is 0 Å². The number of hydrogen-bond acceptors (Lipinski definition) is 4. The van der Waals surface area contributed by atoms with Gasteiger partial charge in [0.1, 0.15) is 5.25 Å². The molecule has 0 spiro atoms. The van der Waals surface area contributed by atoms with Crippen LogP contribution in [-0.4, -0.2) is 17.8 Å². The third kappa shape index (κ3) is 3.70. The van der Waals surface area contributed by atoms with Gasteiger partial charge in [0.15, 0.2) is 0 Å². The van der Waals surface area contributed by atoms with Crippen LogP contribution in [0.1, 0.15) is 13.8 Å². The van der Waals surface area contributed by atoms with Crippen molar-refractivity contribution in [3.8, 4) is 0 Å². The lowest BCUT2D eigenvalue weighted by molar-refractivity contribution is -0.142. The van der Waals surface area contributed by atoms with E-state index < -0.39 is 0 Å². The van der Waals surface area contributed by atoms with Crippen LogP contribution in [0.3, 0.4) is 0 Å². The van der Waals surface area contributed by atoms with Crippen molar-refractivity contribution in [1.29, 1.82) is 0 Å². The zero-order chi connectivity index (χ0) is 7.28. The fourth-order valence-corrected chi connectivity index (χ4v) is 0.715. The first kappa shape index (κ1) is 9.17. The molecule has 0 bridgehead atoms. The van der Waals surface area contributed by atoms with Crippen molar-refractivity contribution in [2.24, 2.45) is 0 Å². The molecule has 0 saturated carbocycles. The monoisotopic (exact) mass is 166 g/mol. The Kier molecular flexibility index (Phi) is 5.09. The predicted octanol–water partition coefficient (Wildman–Crippen LogP) is 1.52. The summed E-state index contributed by atoms with van der Waals surface area (Å²) in [5.41, 5.74) is 0. The van der Waals surface area contributed by atoms with Crippen molar-refractivity contribution in [2.45, 2.75) is 19.1 Å². The minimum Gasteiger partial charge on any atom is -0.465 e. The van der Waals surface area contributed by atoms with Crippen molar-refractivity contribution < 1.29 is 9.53 Å². The van der Waals surface area contributed by atoms with E-state index in [1.807, 2.05) is 0 Å². The number of carbonyl (C=O) groups excluding carboxylic acids is 1. The van der Waals surface area contributed by atoms with Gasteiger partial charge in [0, 0.05) is 0 Å². The Morgan fingerprint density at radius 2 is 2.44 bits per heavy atom. The summed E-state index contributed by atoms with van der Waals surface area (Å²) in [4.78, 5) is 10.7. The van der Waals surface area contributed by atoms with Gasteiger partial charge in [-0.3, -0.25) is 4.79 Å². The summed E-state index contributed by atoms with van der Waals surface area (Å²) in [6, 6.07) is 0. The van der Waals surface area contributed by atoms with E-state index in [4.69, 9.17) is 0 Å². The molecule has 0 amide bonds. The fraction of sp³-hybridized carbons (Fsp3) is 0.800. The summed E-state index contributed by atoms with van der Waals surface area (Å²) < 4.78 is 4.69. The van der Waals surface area contributed by atoms with Crippen molar-refractivity contribution in [3.05, 3.63) is 0 Å². The molecule has 1 atom stereocenters. The van der Waals surface area contributed by atoms with E-state index in [1.54, 1.807) is 13.8 Å². The Labute approximate surface area is 64.2 Å². The Morgan fingerprint density at radius 1 is 1.89 bits per heavy atom. The largest absolute Gasteiger partial charge is 0.465 e. The van der Waals surface area contributed by atoms with E-state index in [0.717, 1.165) is 0 Å².